The number of ether oxygens (including phenoxy) is 1. The number of nitrogens with zero attached hydrogens (tertiary/aromatic N) is 1. The first-order valence-electron chi connectivity index (χ1n) is 6.78. The molecule has 0 saturated carbocycles. The average molecular weight is 249 g/mol. The highest BCUT2D eigenvalue weighted by molar-refractivity contribution is 5.42. The van der Waals surface area contributed by atoms with Crippen molar-refractivity contribution in [2.75, 3.05) is 26.3 Å². The van der Waals surface area contributed by atoms with Crippen LogP contribution in [0.1, 0.15) is 24.0 Å². The van der Waals surface area contributed by atoms with Crippen molar-refractivity contribution in [1.82, 2.24) is 4.90 Å². The van der Waals surface area contributed by atoms with Gasteiger partial charge in [-0.25, -0.2) is 4.39 Å². The van der Waals surface area contributed by atoms with Gasteiger partial charge in [-0.15, -0.1) is 0 Å². The van der Waals surface area contributed by atoms with Crippen LogP contribution in [0.3, 0.4) is 0 Å². The zero-order valence-corrected chi connectivity index (χ0v) is 10.9. The largest absolute Gasteiger partial charge is 0.487 e. The van der Waals surface area contributed by atoms with Crippen molar-refractivity contribution in [3.63, 3.8) is 0 Å². The number of hydrogen-bond acceptors (Lipinski definition) is 2. The molecule has 0 bridgehead atoms. The lowest BCUT2D eigenvalue weighted by Crippen LogP contribution is -2.47. The van der Waals surface area contributed by atoms with Crippen molar-refractivity contribution in [3.05, 3.63) is 29.3 Å². The van der Waals surface area contributed by atoms with Gasteiger partial charge in [-0.2, -0.15) is 0 Å². The minimum absolute atomic E-state index is 0.0110. The molecule has 0 amide bonds. The molecule has 2 heterocycles. The van der Waals surface area contributed by atoms with Gasteiger partial charge in [0.05, 0.1) is 0 Å². The predicted octanol–water partition coefficient (Wildman–Crippen LogP) is 2.73. The third-order valence-electron chi connectivity index (χ3n) is 4.22. The summed E-state index contributed by atoms with van der Waals surface area (Å²) in [5.41, 5.74) is 2.63. The lowest BCUT2D eigenvalue weighted by Gasteiger charge is -2.38. The van der Waals surface area contributed by atoms with Crippen molar-refractivity contribution in [2.45, 2.75) is 31.8 Å². The van der Waals surface area contributed by atoms with Crippen LogP contribution in [-0.4, -0.2) is 36.8 Å². The fourth-order valence-electron chi connectivity index (χ4n) is 3.14. The topological polar surface area (TPSA) is 12.5 Å². The maximum absolute atomic E-state index is 12.3. The Morgan fingerprint density at radius 2 is 2.11 bits per heavy atom. The van der Waals surface area contributed by atoms with Crippen LogP contribution in [0.25, 0.3) is 0 Å². The predicted molar refractivity (Wildman–Crippen MR) is 69.9 cm³/mol. The van der Waals surface area contributed by atoms with Gasteiger partial charge < -0.3 is 9.64 Å². The van der Waals surface area contributed by atoms with Crippen LogP contribution >= 0.6 is 0 Å². The Hall–Kier alpha value is -1.09. The van der Waals surface area contributed by atoms with Gasteiger partial charge in [-0.3, -0.25) is 0 Å². The van der Waals surface area contributed by atoms with E-state index in [0.29, 0.717) is 6.54 Å². The van der Waals surface area contributed by atoms with Gasteiger partial charge in [0.25, 0.3) is 0 Å². The average Bonchev–Trinajstić information content (AvgIpc) is 2.70. The van der Waals surface area contributed by atoms with Crippen LogP contribution in [0.2, 0.25) is 0 Å². The molecule has 1 aromatic carbocycles. The van der Waals surface area contributed by atoms with Crippen LogP contribution in [-0.2, 0) is 6.42 Å². The standard InChI is InChI=1S/C15H20FNO/c1-12-2-3-14-13(10-12)11-15(18-14)4-7-17(8-5-15)9-6-16/h2-3,10H,4-9,11H2,1H3. The molecule has 0 aliphatic carbocycles. The van der Waals surface area contributed by atoms with Crippen molar-refractivity contribution in [2.24, 2.45) is 0 Å². The lowest BCUT2D eigenvalue weighted by atomic mass is 9.87. The number of benzene rings is 1. The summed E-state index contributed by atoms with van der Waals surface area (Å²) >= 11 is 0. The van der Waals surface area contributed by atoms with E-state index >= 15 is 0 Å². The second kappa shape index (κ2) is 4.54. The highest BCUT2D eigenvalue weighted by Crippen LogP contribution is 2.41. The second-order valence-electron chi connectivity index (χ2n) is 5.60. The minimum atomic E-state index is -0.243. The Morgan fingerprint density at radius 3 is 2.83 bits per heavy atom. The quantitative estimate of drug-likeness (QED) is 0.799. The molecule has 1 aromatic rings. The van der Waals surface area contributed by atoms with Crippen molar-refractivity contribution in [3.8, 4) is 5.75 Å². The number of likely N-dealkylation sites (tertiary alicyclic amines) is 1. The van der Waals surface area contributed by atoms with E-state index in [-0.39, 0.29) is 12.3 Å². The zero-order chi connectivity index (χ0) is 12.6. The molecule has 2 aliphatic rings. The van der Waals surface area contributed by atoms with Gasteiger partial charge in [-0.05, 0) is 18.6 Å². The molecule has 0 N–H and O–H groups in total. The molecule has 0 radical (unpaired) electrons. The lowest BCUT2D eigenvalue weighted by molar-refractivity contribution is 0.0180. The second-order valence-corrected chi connectivity index (χ2v) is 5.60. The smallest absolute Gasteiger partial charge is 0.123 e. The number of halogens is 1. The van der Waals surface area contributed by atoms with Crippen LogP contribution in [0, 0.1) is 6.92 Å². The van der Waals surface area contributed by atoms with Crippen molar-refractivity contribution in [1.29, 1.82) is 0 Å². The summed E-state index contributed by atoms with van der Waals surface area (Å²) in [7, 11) is 0. The fourth-order valence-corrected chi connectivity index (χ4v) is 3.14. The first-order chi connectivity index (χ1) is 8.71. The van der Waals surface area contributed by atoms with Gasteiger partial charge in [0.15, 0.2) is 0 Å². The molecule has 2 nitrogen and oxygen atoms in total. The maximum Gasteiger partial charge on any atom is 0.123 e. The summed E-state index contributed by atoms with van der Waals surface area (Å²) in [6.07, 6.45) is 3.05. The normalized spacial score (nSPS) is 21.9. The molecular formula is C15H20FNO. The minimum Gasteiger partial charge on any atom is -0.487 e. The van der Waals surface area contributed by atoms with Crippen LogP contribution in [0.5, 0.6) is 5.75 Å². The number of rotatable bonds is 2. The zero-order valence-electron chi connectivity index (χ0n) is 10.9. The van der Waals surface area contributed by atoms with Gasteiger partial charge in [0.2, 0.25) is 0 Å². The van der Waals surface area contributed by atoms with Crippen molar-refractivity contribution < 1.29 is 9.13 Å². The summed E-state index contributed by atoms with van der Waals surface area (Å²) in [4.78, 5) is 2.20. The van der Waals surface area contributed by atoms with E-state index < -0.39 is 0 Å². The Labute approximate surface area is 108 Å². The summed E-state index contributed by atoms with van der Waals surface area (Å²) in [5, 5.41) is 0. The third-order valence-corrected chi connectivity index (χ3v) is 4.22. The molecule has 18 heavy (non-hydrogen) atoms. The van der Waals surface area contributed by atoms with Crippen LogP contribution in [0.15, 0.2) is 18.2 Å². The number of piperidine rings is 1. The third kappa shape index (κ3) is 2.12. The molecule has 3 rings (SSSR count). The molecule has 2 aliphatic heterocycles. The molecule has 1 fully saturated rings. The van der Waals surface area contributed by atoms with Crippen molar-refractivity contribution >= 4 is 0 Å². The monoisotopic (exact) mass is 249 g/mol. The Morgan fingerprint density at radius 1 is 1.33 bits per heavy atom. The molecule has 1 spiro atoms. The first kappa shape index (κ1) is 12.0. The highest BCUT2D eigenvalue weighted by Gasteiger charge is 2.41. The number of fused-ring (bicyclic) bond motifs is 1. The summed E-state index contributed by atoms with van der Waals surface area (Å²) in [6, 6.07) is 6.43. The van der Waals surface area contributed by atoms with Crippen LogP contribution in [0.4, 0.5) is 4.39 Å². The number of hydrogen-bond donors (Lipinski definition) is 0. The van der Waals surface area contributed by atoms with E-state index in [4.69, 9.17) is 4.74 Å². The SMILES string of the molecule is Cc1ccc2c(c1)CC1(CCN(CCF)CC1)O2. The summed E-state index contributed by atoms with van der Waals surface area (Å²) in [6.45, 7) is 4.36. The van der Waals surface area contributed by atoms with E-state index in [1.54, 1.807) is 0 Å². The number of alkyl halides is 1. The molecule has 0 aromatic heterocycles. The highest BCUT2D eigenvalue weighted by atomic mass is 19.1. The Bertz CT molecular complexity index is 438. The Balaban J connectivity index is 1.70. The van der Waals surface area contributed by atoms with E-state index in [2.05, 4.69) is 30.0 Å². The van der Waals surface area contributed by atoms with Crippen LogP contribution < -0.4 is 4.74 Å². The summed E-state index contributed by atoms with van der Waals surface area (Å²) in [5.74, 6) is 1.06. The molecular weight excluding hydrogens is 229 g/mol. The fraction of sp³-hybridized carbons (Fsp3) is 0.600. The molecule has 1 saturated heterocycles. The molecule has 3 heteroatoms. The molecule has 0 atom stereocenters. The van der Waals surface area contributed by atoms with E-state index in [1.807, 2.05) is 0 Å². The van der Waals surface area contributed by atoms with Gasteiger partial charge in [0.1, 0.15) is 18.0 Å². The molecule has 0 unspecified atom stereocenters. The maximum atomic E-state index is 12.3. The number of aryl methyl sites for hydroxylation is 1. The van der Waals surface area contributed by atoms with Gasteiger partial charge in [-0.1, -0.05) is 17.7 Å². The van der Waals surface area contributed by atoms with E-state index in [0.717, 1.165) is 38.1 Å². The van der Waals surface area contributed by atoms with Gasteiger partial charge >= 0.3 is 0 Å². The first-order valence-corrected chi connectivity index (χ1v) is 6.78. The Kier molecular flexibility index (Phi) is 3.02. The van der Waals surface area contributed by atoms with E-state index in [1.165, 1.54) is 11.1 Å². The van der Waals surface area contributed by atoms with Gasteiger partial charge in [0, 0.05) is 38.9 Å². The molecule has 98 valence electrons. The summed E-state index contributed by atoms with van der Waals surface area (Å²) < 4.78 is 18.5. The van der Waals surface area contributed by atoms with E-state index in [9.17, 15) is 4.39 Å².